The summed E-state index contributed by atoms with van der Waals surface area (Å²) in [5.41, 5.74) is -0.967. The van der Waals surface area contributed by atoms with Gasteiger partial charge in [-0.05, 0) is 18.1 Å². The number of rotatable bonds is 7. The molecule has 1 saturated heterocycles. The van der Waals surface area contributed by atoms with Crippen molar-refractivity contribution in [3.8, 4) is 0 Å². The normalized spacial score (nSPS) is 24.9. The summed E-state index contributed by atoms with van der Waals surface area (Å²) < 4.78 is 39.9. The third-order valence-electron chi connectivity index (χ3n) is 4.67. The quantitative estimate of drug-likeness (QED) is 0.661. The molecular weight excluding hydrogens is 411 g/mol. The van der Waals surface area contributed by atoms with Gasteiger partial charge in [-0.25, -0.2) is 14.0 Å². The molecule has 0 amide bonds. The number of benzene rings is 2. The topological polar surface area (TPSA) is 101 Å². The lowest BCUT2D eigenvalue weighted by molar-refractivity contribution is -0.145. The summed E-state index contributed by atoms with van der Waals surface area (Å²) in [6, 6.07) is 17.8. The third kappa shape index (κ3) is 6.16. The van der Waals surface area contributed by atoms with Crippen LogP contribution in [0.25, 0.3) is 0 Å². The molecule has 9 heteroatoms. The molecule has 4 atom stereocenters. The van der Waals surface area contributed by atoms with E-state index >= 15 is 0 Å². The fourth-order valence-corrected chi connectivity index (χ4v) is 2.95. The second-order valence-electron chi connectivity index (χ2n) is 7.08. The molecule has 8 nitrogen and oxygen atoms in total. The molecule has 166 valence electrons. The van der Waals surface area contributed by atoms with Gasteiger partial charge in [-0.3, -0.25) is 0 Å². The number of hydrogen-bond donors (Lipinski definition) is 1. The Labute approximate surface area is 178 Å². The van der Waals surface area contributed by atoms with Gasteiger partial charge in [-0.1, -0.05) is 60.7 Å². The van der Waals surface area contributed by atoms with Crippen LogP contribution in [0, 0.1) is 0 Å². The third-order valence-corrected chi connectivity index (χ3v) is 4.67. The maximum absolute atomic E-state index is 14.9. The molecule has 2 aromatic rings. The highest BCUT2D eigenvalue weighted by atomic mass is 19.1. The van der Waals surface area contributed by atoms with Crippen LogP contribution < -0.4 is 0 Å². The Kier molecular flexibility index (Phi) is 7.43. The molecule has 1 fully saturated rings. The Balaban J connectivity index is 1.50. The molecule has 3 rings (SSSR count). The summed E-state index contributed by atoms with van der Waals surface area (Å²) in [7, 11) is 0. The summed E-state index contributed by atoms with van der Waals surface area (Å²) in [5, 5.41) is 9.83. The average molecular weight is 434 g/mol. The Hall–Kier alpha value is -3.17. The zero-order valence-electron chi connectivity index (χ0n) is 16.8. The monoisotopic (exact) mass is 434 g/mol. The van der Waals surface area contributed by atoms with E-state index < -0.39 is 43.1 Å². The smallest absolute Gasteiger partial charge is 0.431 e. The molecule has 0 bridgehead atoms. The SMILES string of the molecule is C[C@]1(F)[C@H](O)O[C@H](COC(=O)OCc2ccccc2)[C@H]1OC(=O)OCc1ccccc1. The van der Waals surface area contributed by atoms with Crippen molar-refractivity contribution in [1.82, 2.24) is 0 Å². The molecule has 1 aliphatic rings. The van der Waals surface area contributed by atoms with Gasteiger partial charge in [0.05, 0.1) is 0 Å². The first-order chi connectivity index (χ1) is 14.9. The van der Waals surface area contributed by atoms with Gasteiger partial charge in [0.2, 0.25) is 0 Å². The van der Waals surface area contributed by atoms with Gasteiger partial charge in [0.15, 0.2) is 18.1 Å². The first kappa shape index (κ1) is 22.5. The van der Waals surface area contributed by atoms with Crippen molar-refractivity contribution in [1.29, 1.82) is 0 Å². The first-order valence-electron chi connectivity index (χ1n) is 9.59. The van der Waals surface area contributed by atoms with E-state index in [2.05, 4.69) is 0 Å². The summed E-state index contributed by atoms with van der Waals surface area (Å²) in [4.78, 5) is 23.8. The molecule has 0 saturated carbocycles. The standard InChI is InChI=1S/C22H23FO8/c1-22(23)18(31-21(26)28-13-16-10-6-3-7-11-16)17(30-19(22)24)14-29-20(25)27-12-15-8-4-2-5-9-15/h2-11,17-19,24H,12-14H2,1H3/t17-,18-,19-,22-/m1/s1. The van der Waals surface area contributed by atoms with E-state index in [1.54, 1.807) is 48.5 Å². The highest BCUT2D eigenvalue weighted by molar-refractivity contribution is 5.61. The maximum Gasteiger partial charge on any atom is 0.509 e. The lowest BCUT2D eigenvalue weighted by Gasteiger charge is -2.24. The van der Waals surface area contributed by atoms with E-state index in [0.717, 1.165) is 12.5 Å². The van der Waals surface area contributed by atoms with Crippen molar-refractivity contribution in [2.45, 2.75) is 44.3 Å². The van der Waals surface area contributed by atoms with Crippen LogP contribution in [-0.2, 0) is 36.9 Å². The molecule has 0 aromatic heterocycles. The van der Waals surface area contributed by atoms with Gasteiger partial charge in [-0.15, -0.1) is 0 Å². The van der Waals surface area contributed by atoms with Gasteiger partial charge in [-0.2, -0.15) is 0 Å². The first-order valence-corrected chi connectivity index (χ1v) is 9.59. The van der Waals surface area contributed by atoms with Crippen LogP contribution in [0.1, 0.15) is 18.1 Å². The molecular formula is C22H23FO8. The minimum Gasteiger partial charge on any atom is -0.431 e. The molecule has 0 unspecified atom stereocenters. The number of carbonyl (C=O) groups is 2. The van der Waals surface area contributed by atoms with Crippen molar-refractivity contribution >= 4 is 12.3 Å². The van der Waals surface area contributed by atoms with Crippen LogP contribution in [-0.4, -0.2) is 48.2 Å². The molecule has 31 heavy (non-hydrogen) atoms. The number of aliphatic hydroxyl groups is 1. The Morgan fingerprint density at radius 3 is 2.00 bits per heavy atom. The largest absolute Gasteiger partial charge is 0.509 e. The van der Waals surface area contributed by atoms with Gasteiger partial charge in [0.1, 0.15) is 25.9 Å². The number of alkyl halides is 1. The fraction of sp³-hybridized carbons (Fsp3) is 0.364. The summed E-state index contributed by atoms with van der Waals surface area (Å²) >= 11 is 0. The second kappa shape index (κ2) is 10.2. The van der Waals surface area contributed by atoms with Crippen LogP contribution in [0.3, 0.4) is 0 Å². The van der Waals surface area contributed by atoms with Crippen molar-refractivity contribution in [2.24, 2.45) is 0 Å². The van der Waals surface area contributed by atoms with Crippen LogP contribution in [0.15, 0.2) is 60.7 Å². The number of aliphatic hydroxyl groups excluding tert-OH is 1. The summed E-state index contributed by atoms with van der Waals surface area (Å²) in [6.45, 7) is 0.424. The Bertz CT molecular complexity index is 858. The molecule has 1 N–H and O–H groups in total. The van der Waals surface area contributed by atoms with Gasteiger partial charge < -0.3 is 28.8 Å². The number of hydrogen-bond acceptors (Lipinski definition) is 8. The van der Waals surface area contributed by atoms with E-state index in [1.165, 1.54) is 0 Å². The van der Waals surface area contributed by atoms with Gasteiger partial charge in [0, 0.05) is 0 Å². The Morgan fingerprint density at radius 1 is 0.935 bits per heavy atom. The van der Waals surface area contributed by atoms with E-state index in [4.69, 9.17) is 23.7 Å². The predicted molar refractivity (Wildman–Crippen MR) is 104 cm³/mol. The lowest BCUT2D eigenvalue weighted by Crippen LogP contribution is -2.45. The van der Waals surface area contributed by atoms with Gasteiger partial charge >= 0.3 is 12.3 Å². The van der Waals surface area contributed by atoms with E-state index in [-0.39, 0.29) is 13.2 Å². The zero-order valence-corrected chi connectivity index (χ0v) is 16.8. The molecule has 1 heterocycles. The van der Waals surface area contributed by atoms with Gasteiger partial charge in [0.25, 0.3) is 0 Å². The molecule has 0 aliphatic carbocycles. The predicted octanol–water partition coefficient (Wildman–Crippen LogP) is 3.51. The number of carbonyl (C=O) groups excluding carboxylic acids is 2. The van der Waals surface area contributed by atoms with Crippen LogP contribution >= 0.6 is 0 Å². The van der Waals surface area contributed by atoms with Crippen molar-refractivity contribution < 1.29 is 42.8 Å². The molecule has 0 spiro atoms. The van der Waals surface area contributed by atoms with Crippen LogP contribution in [0.4, 0.5) is 14.0 Å². The summed E-state index contributed by atoms with van der Waals surface area (Å²) in [5.74, 6) is 0. The van der Waals surface area contributed by atoms with E-state index in [0.29, 0.717) is 5.56 Å². The van der Waals surface area contributed by atoms with Crippen molar-refractivity contribution in [3.05, 3.63) is 71.8 Å². The maximum atomic E-state index is 14.9. The average Bonchev–Trinajstić information content (AvgIpc) is 2.99. The fourth-order valence-electron chi connectivity index (χ4n) is 2.95. The second-order valence-corrected chi connectivity index (χ2v) is 7.08. The molecule has 0 radical (unpaired) electrons. The van der Waals surface area contributed by atoms with Crippen LogP contribution in [0.2, 0.25) is 0 Å². The number of halogens is 1. The van der Waals surface area contributed by atoms with E-state index in [1.807, 2.05) is 12.1 Å². The Morgan fingerprint density at radius 2 is 1.45 bits per heavy atom. The van der Waals surface area contributed by atoms with Crippen molar-refractivity contribution in [2.75, 3.05) is 6.61 Å². The van der Waals surface area contributed by atoms with E-state index in [9.17, 15) is 19.1 Å². The van der Waals surface area contributed by atoms with Crippen LogP contribution in [0.5, 0.6) is 0 Å². The summed E-state index contributed by atoms with van der Waals surface area (Å²) in [6.07, 6.45) is -6.86. The minimum absolute atomic E-state index is 0.0135. The molecule has 1 aliphatic heterocycles. The zero-order chi connectivity index (χ0) is 22.3. The highest BCUT2D eigenvalue weighted by Crippen LogP contribution is 2.36. The van der Waals surface area contributed by atoms with Crippen molar-refractivity contribution in [3.63, 3.8) is 0 Å². The minimum atomic E-state index is -2.44. The highest BCUT2D eigenvalue weighted by Gasteiger charge is 2.57. The lowest BCUT2D eigenvalue weighted by atomic mass is 10.00. The number of ether oxygens (including phenoxy) is 5. The molecule has 2 aromatic carbocycles.